The Morgan fingerprint density at radius 3 is 1.91 bits per heavy atom. The molecule has 32 heavy (non-hydrogen) atoms. The van der Waals surface area contributed by atoms with E-state index >= 15 is 0 Å². The summed E-state index contributed by atoms with van der Waals surface area (Å²) in [7, 11) is 1.77. The van der Waals surface area contributed by atoms with Crippen LogP contribution in [-0.4, -0.2) is 13.0 Å². The predicted molar refractivity (Wildman–Crippen MR) is 110 cm³/mol. The monoisotopic (exact) mass is 452 g/mol. The van der Waals surface area contributed by atoms with Crippen molar-refractivity contribution in [3.05, 3.63) is 89.5 Å². The SMILES string of the molecule is CN(c1ccccc1)c1ccccc1NC(=O)Cc1cc(C(F)(F)F)cc(C(F)(F)F)c1. The lowest BCUT2D eigenvalue weighted by molar-refractivity contribution is -0.143. The molecule has 0 heterocycles. The number of nitrogens with zero attached hydrogens (tertiary/aromatic N) is 1. The third-order valence-electron chi connectivity index (χ3n) is 4.70. The molecule has 0 aliphatic rings. The van der Waals surface area contributed by atoms with Gasteiger partial charge in [0.1, 0.15) is 0 Å². The fraction of sp³-hybridized carbons (Fsp3) is 0.174. The summed E-state index contributed by atoms with van der Waals surface area (Å²) in [5, 5.41) is 2.58. The normalized spacial score (nSPS) is 11.8. The number of halogens is 6. The second kappa shape index (κ2) is 8.94. The van der Waals surface area contributed by atoms with Gasteiger partial charge in [0, 0.05) is 12.7 Å². The van der Waals surface area contributed by atoms with E-state index < -0.39 is 41.4 Å². The summed E-state index contributed by atoms with van der Waals surface area (Å²) in [6.45, 7) is 0. The van der Waals surface area contributed by atoms with Gasteiger partial charge >= 0.3 is 12.4 Å². The molecule has 0 spiro atoms. The summed E-state index contributed by atoms with van der Waals surface area (Å²) in [6, 6.07) is 17.1. The number of amides is 1. The van der Waals surface area contributed by atoms with Gasteiger partial charge in [0.15, 0.2) is 0 Å². The Bertz CT molecular complexity index is 1060. The zero-order chi connectivity index (χ0) is 23.5. The lowest BCUT2D eigenvalue weighted by Gasteiger charge is -2.23. The van der Waals surface area contributed by atoms with Crippen LogP contribution in [0.5, 0.6) is 0 Å². The van der Waals surface area contributed by atoms with E-state index in [0.29, 0.717) is 23.5 Å². The lowest BCUT2D eigenvalue weighted by atomic mass is 10.0. The fourth-order valence-electron chi connectivity index (χ4n) is 3.16. The molecule has 3 rings (SSSR count). The number of anilines is 3. The summed E-state index contributed by atoms with van der Waals surface area (Å²) >= 11 is 0. The van der Waals surface area contributed by atoms with Crippen molar-refractivity contribution in [1.82, 2.24) is 0 Å². The molecule has 0 radical (unpaired) electrons. The minimum atomic E-state index is -4.97. The van der Waals surface area contributed by atoms with E-state index in [0.717, 1.165) is 5.69 Å². The van der Waals surface area contributed by atoms with E-state index in [1.807, 2.05) is 30.3 Å². The van der Waals surface area contributed by atoms with E-state index in [4.69, 9.17) is 0 Å². The fourth-order valence-corrected chi connectivity index (χ4v) is 3.16. The van der Waals surface area contributed by atoms with Gasteiger partial charge in [-0.3, -0.25) is 4.79 Å². The molecule has 0 bridgehead atoms. The molecule has 0 saturated heterocycles. The Labute approximate surface area is 180 Å². The first-order valence-corrected chi connectivity index (χ1v) is 9.41. The summed E-state index contributed by atoms with van der Waals surface area (Å²) in [4.78, 5) is 14.3. The topological polar surface area (TPSA) is 32.3 Å². The molecule has 1 N–H and O–H groups in total. The third kappa shape index (κ3) is 5.60. The van der Waals surface area contributed by atoms with Crippen LogP contribution in [0.2, 0.25) is 0 Å². The second-order valence-electron chi connectivity index (χ2n) is 7.05. The molecule has 0 saturated carbocycles. The molecule has 0 unspecified atom stereocenters. The highest BCUT2D eigenvalue weighted by Gasteiger charge is 2.37. The van der Waals surface area contributed by atoms with Crippen molar-refractivity contribution in [3.8, 4) is 0 Å². The summed E-state index contributed by atoms with van der Waals surface area (Å²) < 4.78 is 78.3. The number of hydrogen-bond acceptors (Lipinski definition) is 2. The largest absolute Gasteiger partial charge is 0.416 e. The standard InChI is InChI=1S/C23H18F6N2O/c1-31(18-7-3-2-4-8-18)20-10-6-5-9-19(20)30-21(32)13-15-11-16(22(24,25)26)14-17(12-15)23(27,28)29/h2-12,14H,13H2,1H3,(H,30,32). The van der Waals surface area contributed by atoms with Crippen molar-refractivity contribution in [2.45, 2.75) is 18.8 Å². The molecule has 9 heteroatoms. The Hall–Kier alpha value is -3.49. The van der Waals surface area contributed by atoms with Crippen molar-refractivity contribution in [3.63, 3.8) is 0 Å². The van der Waals surface area contributed by atoms with E-state index in [2.05, 4.69) is 5.32 Å². The van der Waals surface area contributed by atoms with Crippen LogP contribution >= 0.6 is 0 Å². The molecular formula is C23H18F6N2O. The molecule has 3 aromatic rings. The third-order valence-corrected chi connectivity index (χ3v) is 4.70. The minimum Gasteiger partial charge on any atom is -0.343 e. The van der Waals surface area contributed by atoms with E-state index in [-0.39, 0.29) is 6.07 Å². The molecule has 0 aromatic heterocycles. The Morgan fingerprint density at radius 1 is 0.812 bits per heavy atom. The second-order valence-corrected chi connectivity index (χ2v) is 7.05. The Morgan fingerprint density at radius 2 is 1.34 bits per heavy atom. The van der Waals surface area contributed by atoms with E-state index in [1.54, 1.807) is 36.2 Å². The van der Waals surface area contributed by atoms with Gasteiger partial charge in [0.25, 0.3) is 0 Å². The number of carbonyl (C=O) groups is 1. The van der Waals surface area contributed by atoms with Crippen LogP contribution in [0.4, 0.5) is 43.4 Å². The maximum absolute atomic E-state index is 13.0. The lowest BCUT2D eigenvalue weighted by Crippen LogP contribution is -2.19. The summed E-state index contributed by atoms with van der Waals surface area (Å²) in [5.41, 5.74) is -1.52. The summed E-state index contributed by atoms with van der Waals surface area (Å²) in [5.74, 6) is -0.744. The number of nitrogens with one attached hydrogen (secondary N) is 1. The molecule has 0 atom stereocenters. The number of hydrogen-bond donors (Lipinski definition) is 1. The van der Waals surface area contributed by atoms with Crippen LogP contribution in [0, 0.1) is 0 Å². The molecule has 3 nitrogen and oxygen atoms in total. The van der Waals surface area contributed by atoms with Crippen molar-refractivity contribution >= 4 is 23.0 Å². The first-order valence-electron chi connectivity index (χ1n) is 9.41. The van der Waals surface area contributed by atoms with Crippen LogP contribution in [0.25, 0.3) is 0 Å². The van der Waals surface area contributed by atoms with Gasteiger partial charge in [0.2, 0.25) is 5.91 Å². The van der Waals surface area contributed by atoms with Crippen LogP contribution in [0.15, 0.2) is 72.8 Å². The van der Waals surface area contributed by atoms with Crippen LogP contribution < -0.4 is 10.2 Å². The molecule has 0 aliphatic heterocycles. The van der Waals surface area contributed by atoms with Gasteiger partial charge in [-0.25, -0.2) is 0 Å². The number of alkyl halides is 6. The average molecular weight is 452 g/mol. The van der Waals surface area contributed by atoms with Crippen molar-refractivity contribution in [1.29, 1.82) is 0 Å². The number of para-hydroxylation sites is 3. The zero-order valence-corrected chi connectivity index (χ0v) is 16.8. The quantitative estimate of drug-likeness (QED) is 0.439. The molecule has 0 fully saturated rings. The molecule has 1 amide bonds. The van der Waals surface area contributed by atoms with Gasteiger partial charge < -0.3 is 10.2 Å². The van der Waals surface area contributed by atoms with E-state index in [1.165, 1.54) is 0 Å². The molecule has 168 valence electrons. The number of rotatable bonds is 5. The van der Waals surface area contributed by atoms with Crippen molar-refractivity contribution < 1.29 is 31.1 Å². The number of benzene rings is 3. The van der Waals surface area contributed by atoms with Gasteiger partial charge in [-0.2, -0.15) is 26.3 Å². The maximum atomic E-state index is 13.0. The van der Waals surface area contributed by atoms with Crippen LogP contribution in [0.1, 0.15) is 16.7 Å². The number of carbonyl (C=O) groups excluding carboxylic acids is 1. The Kier molecular flexibility index (Phi) is 6.47. The highest BCUT2D eigenvalue weighted by atomic mass is 19.4. The van der Waals surface area contributed by atoms with Crippen molar-refractivity contribution in [2.75, 3.05) is 17.3 Å². The van der Waals surface area contributed by atoms with Gasteiger partial charge in [-0.05, 0) is 48.0 Å². The molecule has 0 aliphatic carbocycles. The first kappa shape index (κ1) is 23.2. The highest BCUT2D eigenvalue weighted by Crippen LogP contribution is 2.36. The predicted octanol–water partition coefficient (Wildman–Crippen LogP) is 6.67. The average Bonchev–Trinajstić information content (AvgIpc) is 2.72. The summed E-state index contributed by atoms with van der Waals surface area (Å²) in [6.07, 6.45) is -10.6. The molecule has 3 aromatic carbocycles. The van der Waals surface area contributed by atoms with E-state index in [9.17, 15) is 31.1 Å². The maximum Gasteiger partial charge on any atom is 0.416 e. The Balaban J connectivity index is 1.86. The van der Waals surface area contributed by atoms with Crippen LogP contribution in [-0.2, 0) is 23.6 Å². The highest BCUT2D eigenvalue weighted by molar-refractivity contribution is 5.96. The molecular weight excluding hydrogens is 434 g/mol. The zero-order valence-electron chi connectivity index (χ0n) is 16.8. The van der Waals surface area contributed by atoms with Gasteiger partial charge in [-0.15, -0.1) is 0 Å². The smallest absolute Gasteiger partial charge is 0.343 e. The van der Waals surface area contributed by atoms with Crippen molar-refractivity contribution in [2.24, 2.45) is 0 Å². The first-order chi connectivity index (χ1) is 14.9. The van der Waals surface area contributed by atoms with Crippen LogP contribution in [0.3, 0.4) is 0 Å². The minimum absolute atomic E-state index is 0.0333. The van der Waals surface area contributed by atoms with Gasteiger partial charge in [-0.1, -0.05) is 30.3 Å². The van der Waals surface area contributed by atoms with Gasteiger partial charge in [0.05, 0.1) is 28.9 Å².